The quantitative estimate of drug-likeness (QED) is 0.795. The number of halogens is 2. The van der Waals surface area contributed by atoms with Gasteiger partial charge < -0.3 is 0 Å². The van der Waals surface area contributed by atoms with Crippen molar-refractivity contribution >= 4 is 48.5 Å². The number of benzene rings is 1. The summed E-state index contributed by atoms with van der Waals surface area (Å²) in [6, 6.07) is 6.62. The van der Waals surface area contributed by atoms with Crippen LogP contribution in [0, 0.1) is 0 Å². The Kier molecular flexibility index (Phi) is 4.35. The fraction of sp³-hybridized carbons (Fsp3) is 0.222. The van der Waals surface area contributed by atoms with Gasteiger partial charge in [0, 0.05) is 4.47 Å². The van der Waals surface area contributed by atoms with Crippen molar-refractivity contribution in [3.8, 4) is 0 Å². The van der Waals surface area contributed by atoms with Crippen LogP contribution in [0.1, 0.15) is 0 Å². The molecule has 7 heteroatoms. The average Bonchev–Trinajstić information content (AvgIpc) is 2.12. The molecule has 0 heterocycles. The number of nitrogens with zero attached hydrogens (tertiary/aromatic N) is 1. The average molecular weight is 327 g/mol. The maximum absolute atomic E-state index is 11.5. The van der Waals surface area contributed by atoms with E-state index in [1.807, 2.05) is 0 Å². The van der Waals surface area contributed by atoms with E-state index < -0.39 is 15.3 Å². The van der Waals surface area contributed by atoms with Gasteiger partial charge in [-0.1, -0.05) is 22.0 Å². The molecule has 0 saturated carbocycles. The highest BCUT2D eigenvalue weighted by atomic mass is 79.9. The Labute approximate surface area is 107 Å². The standard InChI is InChI=1S/C9H9BrClNO3S/c1-16(14,15)12(6-9(11)13)8-4-2-3-7(10)5-8/h2-5H,6H2,1H3. The molecular weight excluding hydrogens is 318 g/mol. The second kappa shape index (κ2) is 5.16. The first-order valence-electron chi connectivity index (χ1n) is 4.22. The molecule has 0 spiro atoms. The second-order valence-corrected chi connectivity index (χ2v) is 6.35. The topological polar surface area (TPSA) is 54.5 Å². The lowest BCUT2D eigenvalue weighted by Crippen LogP contribution is -2.33. The highest BCUT2D eigenvalue weighted by Gasteiger charge is 2.19. The predicted octanol–water partition coefficient (Wildman–Crippen LogP) is 1.98. The maximum atomic E-state index is 11.5. The van der Waals surface area contributed by atoms with Crippen LogP contribution in [-0.2, 0) is 14.8 Å². The van der Waals surface area contributed by atoms with Crippen LogP contribution in [-0.4, -0.2) is 26.5 Å². The molecule has 0 aliphatic carbocycles. The van der Waals surface area contributed by atoms with E-state index in [0.29, 0.717) is 5.69 Å². The van der Waals surface area contributed by atoms with Crippen LogP contribution in [0.25, 0.3) is 0 Å². The van der Waals surface area contributed by atoms with Crippen LogP contribution < -0.4 is 4.31 Å². The first kappa shape index (κ1) is 13.5. The lowest BCUT2D eigenvalue weighted by molar-refractivity contribution is -0.110. The van der Waals surface area contributed by atoms with Crippen molar-refractivity contribution in [1.82, 2.24) is 0 Å². The molecule has 16 heavy (non-hydrogen) atoms. The maximum Gasteiger partial charge on any atom is 0.242 e. The zero-order chi connectivity index (χ0) is 12.3. The molecule has 0 unspecified atom stereocenters. The van der Waals surface area contributed by atoms with Gasteiger partial charge in [0.15, 0.2) is 0 Å². The lowest BCUT2D eigenvalue weighted by atomic mass is 10.3. The summed E-state index contributed by atoms with van der Waals surface area (Å²) in [7, 11) is -3.52. The largest absolute Gasteiger partial charge is 0.279 e. The highest BCUT2D eigenvalue weighted by Crippen LogP contribution is 2.22. The van der Waals surface area contributed by atoms with Gasteiger partial charge in [-0.15, -0.1) is 0 Å². The van der Waals surface area contributed by atoms with E-state index in [-0.39, 0.29) is 6.54 Å². The van der Waals surface area contributed by atoms with Crippen molar-refractivity contribution in [3.05, 3.63) is 28.7 Å². The minimum absolute atomic E-state index is 0.378. The van der Waals surface area contributed by atoms with E-state index in [0.717, 1.165) is 15.0 Å². The van der Waals surface area contributed by atoms with E-state index in [1.165, 1.54) is 0 Å². The monoisotopic (exact) mass is 325 g/mol. The van der Waals surface area contributed by atoms with Gasteiger partial charge in [0.25, 0.3) is 0 Å². The third-order valence-corrected chi connectivity index (χ3v) is 3.52. The summed E-state index contributed by atoms with van der Waals surface area (Å²) in [5, 5.41) is -0.731. The third-order valence-electron chi connectivity index (χ3n) is 1.76. The SMILES string of the molecule is CS(=O)(=O)N(CC(=O)Cl)c1cccc(Br)c1. The Hall–Kier alpha value is -0.590. The summed E-state index contributed by atoms with van der Waals surface area (Å²) in [5.74, 6) is 0. The van der Waals surface area contributed by atoms with Crippen LogP contribution in [0.5, 0.6) is 0 Å². The van der Waals surface area contributed by atoms with Gasteiger partial charge in [0.05, 0.1) is 11.9 Å². The van der Waals surface area contributed by atoms with Gasteiger partial charge in [0.2, 0.25) is 15.3 Å². The number of rotatable bonds is 4. The molecule has 0 radical (unpaired) electrons. The number of sulfonamides is 1. The Morgan fingerprint density at radius 2 is 2.12 bits per heavy atom. The minimum atomic E-state index is -3.52. The molecule has 1 aromatic carbocycles. The molecular formula is C9H9BrClNO3S. The van der Waals surface area contributed by atoms with Crippen LogP contribution >= 0.6 is 27.5 Å². The molecule has 4 nitrogen and oxygen atoms in total. The smallest absolute Gasteiger partial charge is 0.242 e. The zero-order valence-electron chi connectivity index (χ0n) is 8.35. The first-order valence-corrected chi connectivity index (χ1v) is 7.24. The predicted molar refractivity (Wildman–Crippen MR) is 67.2 cm³/mol. The molecule has 0 aliphatic heterocycles. The van der Waals surface area contributed by atoms with Crippen molar-refractivity contribution in [3.63, 3.8) is 0 Å². The molecule has 0 aromatic heterocycles. The van der Waals surface area contributed by atoms with Crippen molar-refractivity contribution in [1.29, 1.82) is 0 Å². The number of hydrogen-bond acceptors (Lipinski definition) is 3. The highest BCUT2D eigenvalue weighted by molar-refractivity contribution is 9.10. The normalized spacial score (nSPS) is 11.2. The van der Waals surface area contributed by atoms with Gasteiger partial charge in [-0.3, -0.25) is 9.10 Å². The number of anilines is 1. The van der Waals surface area contributed by atoms with Crippen LogP contribution in [0.4, 0.5) is 5.69 Å². The summed E-state index contributed by atoms with van der Waals surface area (Å²) in [6.45, 7) is -0.378. The summed E-state index contributed by atoms with van der Waals surface area (Å²) in [4.78, 5) is 10.8. The molecule has 1 aromatic rings. The van der Waals surface area contributed by atoms with E-state index in [9.17, 15) is 13.2 Å². The zero-order valence-corrected chi connectivity index (χ0v) is 11.5. The number of hydrogen-bond donors (Lipinski definition) is 0. The molecule has 88 valence electrons. The van der Waals surface area contributed by atoms with E-state index >= 15 is 0 Å². The van der Waals surface area contributed by atoms with Crippen molar-refractivity contribution in [2.24, 2.45) is 0 Å². The van der Waals surface area contributed by atoms with Gasteiger partial charge in [-0.2, -0.15) is 0 Å². The fourth-order valence-electron chi connectivity index (χ4n) is 1.14. The molecule has 1 rings (SSSR count). The van der Waals surface area contributed by atoms with Crippen molar-refractivity contribution < 1.29 is 13.2 Å². The summed E-state index contributed by atoms with van der Waals surface area (Å²) < 4.78 is 24.6. The van der Waals surface area contributed by atoms with E-state index in [2.05, 4.69) is 15.9 Å². The molecule has 0 aliphatic rings. The Bertz CT molecular complexity index is 503. The Morgan fingerprint density at radius 3 is 2.56 bits per heavy atom. The van der Waals surface area contributed by atoms with Crippen molar-refractivity contribution in [2.75, 3.05) is 17.1 Å². The van der Waals surface area contributed by atoms with E-state index in [4.69, 9.17) is 11.6 Å². The number of carbonyl (C=O) groups is 1. The van der Waals surface area contributed by atoms with Gasteiger partial charge >= 0.3 is 0 Å². The molecule has 0 amide bonds. The Balaban J connectivity index is 3.16. The molecule has 0 atom stereocenters. The van der Waals surface area contributed by atoms with Crippen LogP contribution in [0.15, 0.2) is 28.7 Å². The van der Waals surface area contributed by atoms with E-state index in [1.54, 1.807) is 24.3 Å². The molecule has 0 fully saturated rings. The van der Waals surface area contributed by atoms with Crippen LogP contribution in [0.2, 0.25) is 0 Å². The van der Waals surface area contributed by atoms with Gasteiger partial charge in [-0.05, 0) is 29.8 Å². The number of carbonyl (C=O) groups excluding carboxylic acids is 1. The summed E-state index contributed by atoms with van der Waals surface area (Å²) >= 11 is 8.44. The molecule has 0 bridgehead atoms. The Morgan fingerprint density at radius 1 is 1.50 bits per heavy atom. The second-order valence-electron chi connectivity index (χ2n) is 3.10. The molecule has 0 saturated heterocycles. The summed E-state index contributed by atoms with van der Waals surface area (Å²) in [5.41, 5.74) is 0.394. The van der Waals surface area contributed by atoms with Crippen LogP contribution in [0.3, 0.4) is 0 Å². The fourth-order valence-corrected chi connectivity index (χ4v) is 2.57. The van der Waals surface area contributed by atoms with Gasteiger partial charge in [-0.25, -0.2) is 8.42 Å². The lowest BCUT2D eigenvalue weighted by Gasteiger charge is -2.20. The van der Waals surface area contributed by atoms with Gasteiger partial charge in [0.1, 0.15) is 6.54 Å². The minimum Gasteiger partial charge on any atom is -0.279 e. The molecule has 0 N–H and O–H groups in total. The summed E-state index contributed by atoms with van der Waals surface area (Å²) in [6.07, 6.45) is 1.02. The third kappa shape index (κ3) is 3.77. The van der Waals surface area contributed by atoms with Crippen molar-refractivity contribution in [2.45, 2.75) is 0 Å². The first-order chi connectivity index (χ1) is 7.30.